The molecule has 0 aromatic heterocycles. The summed E-state index contributed by atoms with van der Waals surface area (Å²) in [5, 5.41) is 3.40. The minimum absolute atomic E-state index is 0.0735. The number of hydrogen-bond acceptors (Lipinski definition) is 1. The third kappa shape index (κ3) is 3.75. The Bertz CT molecular complexity index is 555. The largest absolute Gasteiger partial charge is 0.306 e. The first-order valence-corrected chi connectivity index (χ1v) is 6.37. The molecule has 0 bridgehead atoms. The maximum absolute atomic E-state index is 13.0. The van der Waals surface area contributed by atoms with Crippen LogP contribution >= 0.6 is 11.6 Å². The van der Waals surface area contributed by atoms with Crippen LogP contribution in [-0.2, 0) is 6.54 Å². The van der Waals surface area contributed by atoms with Gasteiger partial charge >= 0.3 is 0 Å². The first kappa shape index (κ1) is 14.0. The zero-order valence-electron chi connectivity index (χ0n) is 10.5. The van der Waals surface area contributed by atoms with Crippen LogP contribution in [-0.4, -0.2) is 0 Å². The maximum atomic E-state index is 13.0. The SMILES string of the molecule is CC(NCc1ccc(F)c(Cl)c1)c1ccc(F)cc1. The van der Waals surface area contributed by atoms with Crippen molar-refractivity contribution in [2.75, 3.05) is 0 Å². The van der Waals surface area contributed by atoms with E-state index >= 15 is 0 Å². The summed E-state index contributed by atoms with van der Waals surface area (Å²) in [6.07, 6.45) is 0. The van der Waals surface area contributed by atoms with Gasteiger partial charge in [-0.3, -0.25) is 0 Å². The van der Waals surface area contributed by atoms with Gasteiger partial charge in [0.1, 0.15) is 11.6 Å². The summed E-state index contributed by atoms with van der Waals surface area (Å²) < 4.78 is 25.8. The van der Waals surface area contributed by atoms with Crippen molar-refractivity contribution in [2.24, 2.45) is 0 Å². The average Bonchev–Trinajstić information content (AvgIpc) is 2.40. The van der Waals surface area contributed by atoms with E-state index in [1.54, 1.807) is 24.3 Å². The Morgan fingerprint density at radius 1 is 1.11 bits per heavy atom. The van der Waals surface area contributed by atoms with E-state index in [4.69, 9.17) is 11.6 Å². The van der Waals surface area contributed by atoms with E-state index in [1.807, 2.05) is 6.92 Å². The number of benzene rings is 2. The van der Waals surface area contributed by atoms with Crippen LogP contribution in [0.2, 0.25) is 5.02 Å². The van der Waals surface area contributed by atoms with Gasteiger partial charge in [0.05, 0.1) is 5.02 Å². The van der Waals surface area contributed by atoms with Crippen LogP contribution in [0.1, 0.15) is 24.1 Å². The van der Waals surface area contributed by atoms with E-state index in [0.717, 1.165) is 11.1 Å². The summed E-state index contributed by atoms with van der Waals surface area (Å²) >= 11 is 5.72. The van der Waals surface area contributed by atoms with Crippen molar-refractivity contribution in [3.8, 4) is 0 Å². The highest BCUT2D eigenvalue weighted by Gasteiger charge is 2.06. The monoisotopic (exact) mass is 281 g/mol. The topological polar surface area (TPSA) is 12.0 Å². The van der Waals surface area contributed by atoms with Gasteiger partial charge in [-0.1, -0.05) is 29.8 Å². The number of rotatable bonds is 4. The predicted molar refractivity (Wildman–Crippen MR) is 73.1 cm³/mol. The predicted octanol–water partition coefficient (Wildman–Crippen LogP) is 4.47. The second-order valence-corrected chi connectivity index (χ2v) is 4.81. The summed E-state index contributed by atoms with van der Waals surface area (Å²) in [6, 6.07) is 11.1. The zero-order valence-corrected chi connectivity index (χ0v) is 11.2. The lowest BCUT2D eigenvalue weighted by Crippen LogP contribution is -2.18. The lowest BCUT2D eigenvalue weighted by molar-refractivity contribution is 0.569. The highest BCUT2D eigenvalue weighted by atomic mass is 35.5. The van der Waals surface area contributed by atoms with Gasteiger partial charge in [0.15, 0.2) is 0 Å². The molecule has 1 nitrogen and oxygen atoms in total. The Kier molecular flexibility index (Phi) is 4.51. The fraction of sp³-hybridized carbons (Fsp3) is 0.200. The molecule has 0 aliphatic rings. The van der Waals surface area contributed by atoms with Gasteiger partial charge in [0.25, 0.3) is 0 Å². The van der Waals surface area contributed by atoms with Crippen molar-refractivity contribution < 1.29 is 8.78 Å². The fourth-order valence-corrected chi connectivity index (χ4v) is 1.99. The van der Waals surface area contributed by atoms with Crippen LogP contribution in [0.5, 0.6) is 0 Å². The first-order chi connectivity index (χ1) is 9.06. The van der Waals surface area contributed by atoms with Gasteiger partial charge < -0.3 is 5.32 Å². The van der Waals surface area contributed by atoms with E-state index in [2.05, 4.69) is 5.32 Å². The molecule has 0 aliphatic carbocycles. The van der Waals surface area contributed by atoms with Gasteiger partial charge in [-0.05, 0) is 42.3 Å². The van der Waals surface area contributed by atoms with Gasteiger partial charge in [-0.15, -0.1) is 0 Å². The third-order valence-electron chi connectivity index (χ3n) is 2.97. The van der Waals surface area contributed by atoms with E-state index in [0.29, 0.717) is 6.54 Å². The molecule has 0 fully saturated rings. The molecule has 100 valence electrons. The van der Waals surface area contributed by atoms with Crippen LogP contribution in [0, 0.1) is 11.6 Å². The molecule has 19 heavy (non-hydrogen) atoms. The molecule has 2 rings (SSSR count). The molecule has 2 aromatic carbocycles. The van der Waals surface area contributed by atoms with Gasteiger partial charge in [0.2, 0.25) is 0 Å². The molecule has 0 saturated heterocycles. The minimum atomic E-state index is -0.419. The maximum Gasteiger partial charge on any atom is 0.141 e. The molecule has 0 aliphatic heterocycles. The number of halogens is 3. The van der Waals surface area contributed by atoms with Crippen molar-refractivity contribution in [3.63, 3.8) is 0 Å². The normalized spacial score (nSPS) is 12.4. The molecule has 0 heterocycles. The molecule has 2 aromatic rings. The molecular formula is C15H14ClF2N. The Hall–Kier alpha value is -1.45. The summed E-state index contributed by atoms with van der Waals surface area (Å²) in [5.41, 5.74) is 1.90. The number of nitrogens with one attached hydrogen (secondary N) is 1. The van der Waals surface area contributed by atoms with Crippen LogP contribution in [0.25, 0.3) is 0 Å². The van der Waals surface area contributed by atoms with E-state index in [-0.39, 0.29) is 16.9 Å². The second-order valence-electron chi connectivity index (χ2n) is 4.40. The smallest absolute Gasteiger partial charge is 0.141 e. The van der Waals surface area contributed by atoms with Crippen molar-refractivity contribution >= 4 is 11.6 Å². The number of hydrogen-bond donors (Lipinski definition) is 1. The summed E-state index contributed by atoms with van der Waals surface area (Å²) in [6.45, 7) is 2.55. The van der Waals surface area contributed by atoms with Gasteiger partial charge in [-0.25, -0.2) is 8.78 Å². The standard InChI is InChI=1S/C15H14ClF2N/c1-10(12-3-5-13(17)6-4-12)19-9-11-2-7-15(18)14(16)8-11/h2-8,10,19H,9H2,1H3. The lowest BCUT2D eigenvalue weighted by atomic mass is 10.1. The second kappa shape index (κ2) is 6.13. The molecule has 0 spiro atoms. The molecular weight excluding hydrogens is 268 g/mol. The van der Waals surface area contributed by atoms with Crippen molar-refractivity contribution in [3.05, 3.63) is 70.2 Å². The highest BCUT2D eigenvalue weighted by Crippen LogP contribution is 2.17. The molecule has 0 radical (unpaired) electrons. The minimum Gasteiger partial charge on any atom is -0.306 e. The van der Waals surface area contributed by atoms with E-state index in [1.165, 1.54) is 18.2 Å². The van der Waals surface area contributed by atoms with Crippen molar-refractivity contribution in [1.29, 1.82) is 0 Å². The Labute approximate surface area is 116 Å². The molecule has 1 atom stereocenters. The lowest BCUT2D eigenvalue weighted by Gasteiger charge is -2.14. The van der Waals surface area contributed by atoms with Gasteiger partial charge in [0, 0.05) is 12.6 Å². The van der Waals surface area contributed by atoms with Crippen LogP contribution in [0.3, 0.4) is 0 Å². The first-order valence-electron chi connectivity index (χ1n) is 5.99. The molecule has 0 amide bonds. The van der Waals surface area contributed by atoms with Crippen LogP contribution in [0.15, 0.2) is 42.5 Å². The van der Waals surface area contributed by atoms with E-state index in [9.17, 15) is 8.78 Å². The third-order valence-corrected chi connectivity index (χ3v) is 3.26. The van der Waals surface area contributed by atoms with E-state index < -0.39 is 5.82 Å². The zero-order chi connectivity index (χ0) is 13.8. The molecule has 0 saturated carbocycles. The quantitative estimate of drug-likeness (QED) is 0.872. The Morgan fingerprint density at radius 3 is 2.42 bits per heavy atom. The van der Waals surface area contributed by atoms with Gasteiger partial charge in [-0.2, -0.15) is 0 Å². The Balaban J connectivity index is 1.98. The van der Waals surface area contributed by atoms with Crippen molar-refractivity contribution in [1.82, 2.24) is 5.32 Å². The molecule has 1 unspecified atom stereocenters. The molecule has 4 heteroatoms. The van der Waals surface area contributed by atoms with Crippen molar-refractivity contribution in [2.45, 2.75) is 19.5 Å². The summed E-state index contributed by atoms with van der Waals surface area (Å²) in [4.78, 5) is 0. The summed E-state index contributed by atoms with van der Waals surface area (Å²) in [7, 11) is 0. The summed E-state index contributed by atoms with van der Waals surface area (Å²) in [5.74, 6) is -0.668. The fourth-order valence-electron chi connectivity index (χ4n) is 1.79. The van der Waals surface area contributed by atoms with Crippen LogP contribution < -0.4 is 5.32 Å². The average molecular weight is 282 g/mol. The highest BCUT2D eigenvalue weighted by molar-refractivity contribution is 6.30. The van der Waals surface area contributed by atoms with Crippen LogP contribution in [0.4, 0.5) is 8.78 Å². The Morgan fingerprint density at radius 2 is 1.79 bits per heavy atom. The molecule has 1 N–H and O–H groups in total.